The molecule has 0 aliphatic rings. The lowest BCUT2D eigenvalue weighted by atomic mass is 10.1. The monoisotopic (exact) mass is 394 g/mol. The number of hydrogen-bond donors (Lipinski definition) is 2. The molecule has 0 saturated heterocycles. The zero-order valence-corrected chi connectivity index (χ0v) is 13.7. The van der Waals surface area contributed by atoms with E-state index in [0.29, 0.717) is 11.4 Å². The summed E-state index contributed by atoms with van der Waals surface area (Å²) >= 11 is 2.17. The van der Waals surface area contributed by atoms with E-state index in [1.807, 2.05) is 37.3 Å². The van der Waals surface area contributed by atoms with Crippen molar-refractivity contribution in [3.63, 3.8) is 0 Å². The van der Waals surface area contributed by atoms with Crippen LogP contribution in [0.1, 0.15) is 12.5 Å². The Morgan fingerprint density at radius 1 is 0.952 bits per heavy atom. The maximum Gasteiger partial charge on any atom is 0.314 e. The fourth-order valence-electron chi connectivity index (χ4n) is 1.85. The second kappa shape index (κ2) is 7.21. The predicted molar refractivity (Wildman–Crippen MR) is 92.2 cm³/mol. The molecule has 2 N–H and O–H groups in total. The highest BCUT2D eigenvalue weighted by molar-refractivity contribution is 14.1. The summed E-state index contributed by atoms with van der Waals surface area (Å²) in [6.07, 6.45) is 0.787. The average molecular weight is 394 g/mol. The van der Waals surface area contributed by atoms with Crippen LogP contribution in [0.3, 0.4) is 0 Å². The van der Waals surface area contributed by atoms with Gasteiger partial charge in [-0.05, 0) is 64.9 Å². The van der Waals surface area contributed by atoms with E-state index in [1.54, 1.807) is 18.2 Å². The zero-order valence-electron chi connectivity index (χ0n) is 11.5. The smallest absolute Gasteiger partial charge is 0.314 e. The molecule has 0 aliphatic carbocycles. The molecule has 4 nitrogen and oxygen atoms in total. The number of amides is 2. The van der Waals surface area contributed by atoms with Gasteiger partial charge in [-0.15, -0.1) is 0 Å². The minimum Gasteiger partial charge on any atom is -0.318 e. The summed E-state index contributed by atoms with van der Waals surface area (Å²) in [7, 11) is 0. The van der Waals surface area contributed by atoms with Gasteiger partial charge in [0.2, 0.25) is 0 Å². The number of para-hydroxylation sites is 1. The first-order valence-electron chi connectivity index (χ1n) is 6.56. The third kappa shape index (κ3) is 4.29. The Labute approximate surface area is 137 Å². The zero-order chi connectivity index (χ0) is 15.2. The van der Waals surface area contributed by atoms with Gasteiger partial charge in [0.1, 0.15) is 0 Å². The molecule has 0 saturated carbocycles. The highest BCUT2D eigenvalue weighted by Crippen LogP contribution is 2.16. The average Bonchev–Trinajstić information content (AvgIpc) is 2.50. The summed E-state index contributed by atoms with van der Waals surface area (Å²) in [6.45, 7) is 2.00. The summed E-state index contributed by atoms with van der Waals surface area (Å²) in [5.74, 6) is -1.35. The molecule has 0 aliphatic heterocycles. The first-order valence-corrected chi connectivity index (χ1v) is 7.64. The van der Waals surface area contributed by atoms with Gasteiger partial charge < -0.3 is 10.6 Å². The third-order valence-corrected chi connectivity index (χ3v) is 3.67. The van der Waals surface area contributed by atoms with Gasteiger partial charge in [0.15, 0.2) is 0 Å². The Morgan fingerprint density at radius 3 is 2.24 bits per heavy atom. The van der Waals surface area contributed by atoms with E-state index in [-0.39, 0.29) is 0 Å². The van der Waals surface area contributed by atoms with Crippen molar-refractivity contribution in [3.8, 4) is 0 Å². The van der Waals surface area contributed by atoms with Crippen LogP contribution in [0.25, 0.3) is 0 Å². The van der Waals surface area contributed by atoms with E-state index in [4.69, 9.17) is 0 Å². The molecule has 108 valence electrons. The lowest BCUT2D eigenvalue weighted by molar-refractivity contribution is -0.133. The Hall–Kier alpha value is -1.89. The molecular formula is C16H15IN2O2. The molecule has 5 heteroatoms. The molecule has 0 aromatic heterocycles. The highest BCUT2D eigenvalue weighted by atomic mass is 127. The SMILES string of the molecule is CCc1ccccc1NC(=O)C(=O)Nc1ccc(I)cc1. The number of halogens is 1. The lowest BCUT2D eigenvalue weighted by Gasteiger charge is -2.09. The van der Waals surface area contributed by atoms with Gasteiger partial charge in [-0.3, -0.25) is 9.59 Å². The van der Waals surface area contributed by atoms with Gasteiger partial charge in [0, 0.05) is 14.9 Å². The minimum absolute atomic E-state index is 0.597. The summed E-state index contributed by atoms with van der Waals surface area (Å²) in [5, 5.41) is 5.21. The van der Waals surface area contributed by atoms with Crippen LogP contribution in [0.5, 0.6) is 0 Å². The second-order valence-electron chi connectivity index (χ2n) is 4.43. The van der Waals surface area contributed by atoms with Gasteiger partial charge in [-0.2, -0.15) is 0 Å². The van der Waals surface area contributed by atoms with Crippen molar-refractivity contribution >= 4 is 45.8 Å². The second-order valence-corrected chi connectivity index (χ2v) is 5.67. The number of aryl methyl sites for hydroxylation is 1. The summed E-state index contributed by atoms with van der Waals surface area (Å²) in [6, 6.07) is 14.7. The van der Waals surface area contributed by atoms with Crippen molar-refractivity contribution in [1.29, 1.82) is 0 Å². The fourth-order valence-corrected chi connectivity index (χ4v) is 2.21. The molecular weight excluding hydrogens is 379 g/mol. The van der Waals surface area contributed by atoms with Gasteiger partial charge in [-0.1, -0.05) is 25.1 Å². The van der Waals surface area contributed by atoms with Crippen LogP contribution in [0, 0.1) is 3.57 Å². The minimum atomic E-state index is -0.679. The van der Waals surface area contributed by atoms with Gasteiger partial charge >= 0.3 is 11.8 Å². The summed E-state index contributed by atoms with van der Waals surface area (Å²) in [4.78, 5) is 23.8. The first-order chi connectivity index (χ1) is 10.1. The normalized spacial score (nSPS) is 10.0. The van der Waals surface area contributed by atoms with Crippen LogP contribution in [-0.4, -0.2) is 11.8 Å². The Morgan fingerprint density at radius 2 is 1.57 bits per heavy atom. The molecule has 0 bridgehead atoms. The van der Waals surface area contributed by atoms with E-state index in [1.165, 1.54) is 0 Å². The fraction of sp³-hybridized carbons (Fsp3) is 0.125. The van der Waals surface area contributed by atoms with Crippen molar-refractivity contribution < 1.29 is 9.59 Å². The van der Waals surface area contributed by atoms with E-state index >= 15 is 0 Å². The first kappa shape index (κ1) is 15.5. The molecule has 2 rings (SSSR count). The van der Waals surface area contributed by atoms with Crippen molar-refractivity contribution in [2.75, 3.05) is 10.6 Å². The number of benzene rings is 2. The number of hydrogen-bond acceptors (Lipinski definition) is 2. The van der Waals surface area contributed by atoms with Crippen LogP contribution in [0.15, 0.2) is 48.5 Å². The van der Waals surface area contributed by atoms with Crippen LogP contribution in [-0.2, 0) is 16.0 Å². The molecule has 0 radical (unpaired) electrons. The summed E-state index contributed by atoms with van der Waals surface area (Å²) in [5.41, 5.74) is 2.26. The van der Waals surface area contributed by atoms with Crippen molar-refractivity contribution in [2.45, 2.75) is 13.3 Å². The molecule has 21 heavy (non-hydrogen) atoms. The van der Waals surface area contributed by atoms with E-state index in [2.05, 4.69) is 33.2 Å². The lowest BCUT2D eigenvalue weighted by Crippen LogP contribution is -2.29. The van der Waals surface area contributed by atoms with Gasteiger partial charge in [0.05, 0.1) is 0 Å². The molecule has 0 spiro atoms. The molecule has 2 aromatic rings. The third-order valence-electron chi connectivity index (χ3n) is 2.95. The standard InChI is InChI=1S/C16H15IN2O2/c1-2-11-5-3-4-6-14(11)19-16(21)15(20)18-13-9-7-12(17)8-10-13/h3-10H,2H2,1H3,(H,18,20)(H,19,21). The number of rotatable bonds is 3. The maximum atomic E-state index is 11.9. The van der Waals surface area contributed by atoms with E-state index in [0.717, 1.165) is 15.6 Å². The number of carbonyl (C=O) groups is 2. The molecule has 2 aromatic carbocycles. The van der Waals surface area contributed by atoms with Crippen LogP contribution in [0.4, 0.5) is 11.4 Å². The quantitative estimate of drug-likeness (QED) is 0.619. The van der Waals surface area contributed by atoms with Gasteiger partial charge in [0.25, 0.3) is 0 Å². The topological polar surface area (TPSA) is 58.2 Å². The van der Waals surface area contributed by atoms with E-state index < -0.39 is 11.8 Å². The van der Waals surface area contributed by atoms with Crippen LogP contribution in [0.2, 0.25) is 0 Å². The van der Waals surface area contributed by atoms with Crippen LogP contribution >= 0.6 is 22.6 Å². The van der Waals surface area contributed by atoms with E-state index in [9.17, 15) is 9.59 Å². The number of nitrogens with one attached hydrogen (secondary N) is 2. The Balaban J connectivity index is 2.02. The Kier molecular flexibility index (Phi) is 5.32. The van der Waals surface area contributed by atoms with Crippen molar-refractivity contribution in [1.82, 2.24) is 0 Å². The maximum absolute atomic E-state index is 11.9. The highest BCUT2D eigenvalue weighted by Gasteiger charge is 2.15. The molecule has 0 unspecified atom stereocenters. The van der Waals surface area contributed by atoms with Gasteiger partial charge in [-0.25, -0.2) is 0 Å². The van der Waals surface area contributed by atoms with Crippen molar-refractivity contribution in [2.24, 2.45) is 0 Å². The molecule has 0 fully saturated rings. The number of carbonyl (C=O) groups excluding carboxylic acids is 2. The predicted octanol–water partition coefficient (Wildman–Crippen LogP) is 3.43. The van der Waals surface area contributed by atoms with Crippen molar-refractivity contribution in [3.05, 3.63) is 57.7 Å². The molecule has 0 atom stereocenters. The molecule has 0 heterocycles. The summed E-state index contributed by atoms with van der Waals surface area (Å²) < 4.78 is 1.06. The number of anilines is 2. The van der Waals surface area contributed by atoms with Crippen LogP contribution < -0.4 is 10.6 Å². The Bertz CT molecular complexity index is 654. The largest absolute Gasteiger partial charge is 0.318 e. The molecule has 2 amide bonds.